The molecular weight excluding hydrogens is 208 g/mol. The van der Waals surface area contributed by atoms with Gasteiger partial charge in [-0.1, -0.05) is 25.2 Å². The molecule has 1 unspecified atom stereocenters. The molecule has 1 aliphatic heterocycles. The standard InChI is InChI=1S/C15H28N2/c1-5-16-13-14-9-6-7-11-17(14)12-8-10-15(2,3)4/h14,16H,5-7,9,11-13H2,1-4H3. The summed E-state index contributed by atoms with van der Waals surface area (Å²) < 4.78 is 0. The van der Waals surface area contributed by atoms with Crippen molar-refractivity contribution in [3.05, 3.63) is 0 Å². The smallest absolute Gasteiger partial charge is 0.0604 e. The number of hydrogen-bond donors (Lipinski definition) is 1. The average molecular weight is 236 g/mol. The van der Waals surface area contributed by atoms with E-state index >= 15 is 0 Å². The summed E-state index contributed by atoms with van der Waals surface area (Å²) in [6.07, 6.45) is 4.03. The van der Waals surface area contributed by atoms with Crippen molar-refractivity contribution in [2.45, 2.75) is 53.0 Å². The highest BCUT2D eigenvalue weighted by Crippen LogP contribution is 2.16. The number of nitrogens with zero attached hydrogens (tertiary/aromatic N) is 1. The third kappa shape index (κ3) is 6.10. The second-order valence-corrected chi connectivity index (χ2v) is 5.98. The molecule has 17 heavy (non-hydrogen) atoms. The molecule has 2 heteroatoms. The summed E-state index contributed by atoms with van der Waals surface area (Å²) in [5.74, 6) is 6.68. The number of piperidine rings is 1. The van der Waals surface area contributed by atoms with Crippen LogP contribution in [0.15, 0.2) is 0 Å². The van der Waals surface area contributed by atoms with Crippen LogP contribution in [0.25, 0.3) is 0 Å². The van der Waals surface area contributed by atoms with E-state index in [1.54, 1.807) is 0 Å². The molecule has 1 atom stereocenters. The lowest BCUT2D eigenvalue weighted by atomic mass is 9.98. The zero-order chi connectivity index (χ0) is 12.7. The predicted octanol–water partition coefficient (Wildman–Crippen LogP) is 2.50. The highest BCUT2D eigenvalue weighted by atomic mass is 15.2. The SMILES string of the molecule is CCNCC1CCCCN1CC#CC(C)(C)C. The van der Waals surface area contributed by atoms with Gasteiger partial charge in [0.25, 0.3) is 0 Å². The van der Waals surface area contributed by atoms with Crippen molar-refractivity contribution in [3.8, 4) is 11.8 Å². The lowest BCUT2D eigenvalue weighted by molar-refractivity contribution is 0.165. The number of likely N-dealkylation sites (tertiary alicyclic amines) is 1. The number of likely N-dealkylation sites (N-methyl/N-ethyl adjacent to an activating group) is 1. The quantitative estimate of drug-likeness (QED) is 0.755. The monoisotopic (exact) mass is 236 g/mol. The lowest BCUT2D eigenvalue weighted by Crippen LogP contribution is -2.45. The highest BCUT2D eigenvalue weighted by Gasteiger charge is 2.20. The summed E-state index contributed by atoms with van der Waals surface area (Å²) in [4.78, 5) is 2.55. The van der Waals surface area contributed by atoms with Crippen molar-refractivity contribution in [1.29, 1.82) is 0 Å². The van der Waals surface area contributed by atoms with E-state index in [2.05, 4.69) is 49.8 Å². The molecule has 0 aromatic heterocycles. The molecule has 0 aromatic rings. The summed E-state index contributed by atoms with van der Waals surface area (Å²) in [5.41, 5.74) is 0.132. The molecule has 2 nitrogen and oxygen atoms in total. The summed E-state index contributed by atoms with van der Waals surface area (Å²) in [6, 6.07) is 0.693. The van der Waals surface area contributed by atoms with E-state index in [1.165, 1.54) is 25.8 Å². The molecule has 0 saturated carbocycles. The fourth-order valence-electron chi connectivity index (χ4n) is 2.22. The minimum atomic E-state index is 0.132. The summed E-state index contributed by atoms with van der Waals surface area (Å²) in [6.45, 7) is 13.0. The molecular formula is C15H28N2. The van der Waals surface area contributed by atoms with E-state index in [-0.39, 0.29) is 5.41 Å². The predicted molar refractivity (Wildman–Crippen MR) is 75.0 cm³/mol. The Morgan fingerprint density at radius 1 is 1.29 bits per heavy atom. The lowest BCUT2D eigenvalue weighted by Gasteiger charge is -2.34. The average Bonchev–Trinajstić information content (AvgIpc) is 2.26. The van der Waals surface area contributed by atoms with Gasteiger partial charge >= 0.3 is 0 Å². The van der Waals surface area contributed by atoms with E-state index in [9.17, 15) is 0 Å². The zero-order valence-corrected chi connectivity index (χ0v) is 12.0. The molecule has 1 fully saturated rings. The van der Waals surface area contributed by atoms with Gasteiger partial charge in [0.2, 0.25) is 0 Å². The first-order chi connectivity index (χ1) is 8.03. The molecule has 0 aromatic carbocycles. The van der Waals surface area contributed by atoms with Gasteiger partial charge in [0.15, 0.2) is 0 Å². The van der Waals surface area contributed by atoms with Crippen LogP contribution in [0.2, 0.25) is 0 Å². The summed E-state index contributed by atoms with van der Waals surface area (Å²) >= 11 is 0. The van der Waals surface area contributed by atoms with Crippen LogP contribution in [0.1, 0.15) is 47.0 Å². The molecule has 0 spiro atoms. The van der Waals surface area contributed by atoms with Gasteiger partial charge in [-0.3, -0.25) is 4.90 Å². The Labute approximate surface area is 107 Å². The highest BCUT2D eigenvalue weighted by molar-refractivity contribution is 5.09. The van der Waals surface area contributed by atoms with Crippen molar-refractivity contribution in [3.63, 3.8) is 0 Å². The molecule has 1 saturated heterocycles. The number of hydrogen-bond acceptors (Lipinski definition) is 2. The van der Waals surface area contributed by atoms with Crippen LogP contribution in [0.3, 0.4) is 0 Å². The minimum Gasteiger partial charge on any atom is -0.315 e. The van der Waals surface area contributed by atoms with Gasteiger partial charge in [-0.25, -0.2) is 0 Å². The van der Waals surface area contributed by atoms with Crippen molar-refractivity contribution in [1.82, 2.24) is 10.2 Å². The molecule has 0 bridgehead atoms. The topological polar surface area (TPSA) is 15.3 Å². The van der Waals surface area contributed by atoms with Crippen molar-refractivity contribution < 1.29 is 0 Å². The van der Waals surface area contributed by atoms with Crippen LogP contribution < -0.4 is 5.32 Å². The first-order valence-corrected chi connectivity index (χ1v) is 6.97. The zero-order valence-electron chi connectivity index (χ0n) is 12.0. The summed E-state index contributed by atoms with van der Waals surface area (Å²) in [7, 11) is 0. The Kier molecular flexibility index (Phi) is 6.02. The van der Waals surface area contributed by atoms with Gasteiger partial charge in [0.1, 0.15) is 0 Å². The van der Waals surface area contributed by atoms with Crippen LogP contribution in [-0.4, -0.2) is 37.1 Å². The molecule has 1 N–H and O–H groups in total. The van der Waals surface area contributed by atoms with Gasteiger partial charge in [0.05, 0.1) is 6.54 Å². The van der Waals surface area contributed by atoms with E-state index in [0.29, 0.717) is 6.04 Å². The molecule has 0 aliphatic carbocycles. The van der Waals surface area contributed by atoms with E-state index < -0.39 is 0 Å². The number of nitrogens with one attached hydrogen (secondary N) is 1. The Morgan fingerprint density at radius 2 is 2.06 bits per heavy atom. The van der Waals surface area contributed by atoms with Crippen LogP contribution in [0, 0.1) is 17.3 Å². The second-order valence-electron chi connectivity index (χ2n) is 5.98. The van der Waals surface area contributed by atoms with E-state index in [1.807, 2.05) is 0 Å². The maximum Gasteiger partial charge on any atom is 0.0604 e. The number of rotatable bonds is 4. The van der Waals surface area contributed by atoms with Gasteiger partial charge < -0.3 is 5.32 Å². The van der Waals surface area contributed by atoms with Gasteiger partial charge in [-0.15, -0.1) is 0 Å². The van der Waals surface area contributed by atoms with Crippen molar-refractivity contribution in [2.24, 2.45) is 5.41 Å². The van der Waals surface area contributed by atoms with Crippen LogP contribution in [0.4, 0.5) is 0 Å². The van der Waals surface area contributed by atoms with Gasteiger partial charge in [0, 0.05) is 18.0 Å². The summed E-state index contributed by atoms with van der Waals surface area (Å²) in [5, 5.41) is 3.46. The maximum absolute atomic E-state index is 3.46. The Morgan fingerprint density at radius 3 is 2.71 bits per heavy atom. The van der Waals surface area contributed by atoms with Crippen LogP contribution in [-0.2, 0) is 0 Å². The normalized spacial score (nSPS) is 22.0. The van der Waals surface area contributed by atoms with Gasteiger partial charge in [-0.05, 0) is 46.7 Å². The van der Waals surface area contributed by atoms with E-state index in [4.69, 9.17) is 0 Å². The molecule has 0 radical (unpaired) electrons. The Bertz CT molecular complexity index is 267. The minimum absolute atomic E-state index is 0.132. The Hall–Kier alpha value is -0.520. The van der Waals surface area contributed by atoms with Crippen molar-refractivity contribution >= 4 is 0 Å². The molecule has 0 amide bonds. The third-order valence-electron chi connectivity index (χ3n) is 3.12. The second kappa shape index (κ2) is 7.03. The van der Waals surface area contributed by atoms with Crippen LogP contribution >= 0.6 is 0 Å². The molecule has 1 rings (SSSR count). The first kappa shape index (κ1) is 14.5. The van der Waals surface area contributed by atoms with Crippen molar-refractivity contribution in [2.75, 3.05) is 26.2 Å². The largest absolute Gasteiger partial charge is 0.315 e. The van der Waals surface area contributed by atoms with Gasteiger partial charge in [-0.2, -0.15) is 0 Å². The maximum atomic E-state index is 3.46. The fraction of sp³-hybridized carbons (Fsp3) is 0.867. The molecule has 98 valence electrons. The third-order valence-corrected chi connectivity index (χ3v) is 3.12. The fourth-order valence-corrected chi connectivity index (χ4v) is 2.22. The molecule has 1 aliphatic rings. The molecule has 1 heterocycles. The first-order valence-electron chi connectivity index (χ1n) is 6.97. The van der Waals surface area contributed by atoms with E-state index in [0.717, 1.165) is 19.6 Å². The van der Waals surface area contributed by atoms with Crippen LogP contribution in [0.5, 0.6) is 0 Å². The Balaban J connectivity index is 2.44.